The minimum Gasteiger partial charge on any atom is -0.380 e. The van der Waals surface area contributed by atoms with Crippen LogP contribution in [0.1, 0.15) is 24.2 Å². The SMILES string of the molecule is CC(C)(On1nnc2ccccc21)C(=O)c1ccccc1. The lowest BCUT2D eigenvalue weighted by Gasteiger charge is -2.23. The van der Waals surface area contributed by atoms with Crippen molar-refractivity contribution in [1.29, 1.82) is 0 Å². The zero-order chi connectivity index (χ0) is 14.9. The lowest BCUT2D eigenvalue weighted by molar-refractivity contribution is -0.0253. The molecule has 3 aromatic rings. The van der Waals surface area contributed by atoms with Crippen molar-refractivity contribution in [3.63, 3.8) is 0 Å². The second-order valence-corrected chi connectivity index (χ2v) is 5.25. The molecule has 0 spiro atoms. The molecule has 0 saturated carbocycles. The maximum atomic E-state index is 12.5. The van der Waals surface area contributed by atoms with Crippen molar-refractivity contribution in [2.24, 2.45) is 0 Å². The number of nitrogens with zero attached hydrogens (tertiary/aromatic N) is 3. The molecule has 0 aliphatic heterocycles. The summed E-state index contributed by atoms with van der Waals surface area (Å²) in [6, 6.07) is 16.5. The first-order valence-electron chi connectivity index (χ1n) is 6.68. The van der Waals surface area contributed by atoms with E-state index in [1.807, 2.05) is 42.5 Å². The zero-order valence-corrected chi connectivity index (χ0v) is 11.9. The molecule has 0 aliphatic carbocycles. The predicted molar refractivity (Wildman–Crippen MR) is 79.0 cm³/mol. The normalized spacial score (nSPS) is 11.5. The highest BCUT2D eigenvalue weighted by Gasteiger charge is 2.32. The van der Waals surface area contributed by atoms with E-state index in [9.17, 15) is 4.79 Å². The van der Waals surface area contributed by atoms with E-state index in [0.717, 1.165) is 11.0 Å². The van der Waals surface area contributed by atoms with Gasteiger partial charge in [0.1, 0.15) is 11.0 Å². The molecule has 1 aromatic heterocycles. The molecule has 0 fully saturated rings. The first-order chi connectivity index (χ1) is 10.1. The number of benzene rings is 2. The van der Waals surface area contributed by atoms with Gasteiger partial charge in [-0.2, -0.15) is 0 Å². The van der Waals surface area contributed by atoms with Gasteiger partial charge in [-0.05, 0) is 31.2 Å². The molecule has 1 heterocycles. The van der Waals surface area contributed by atoms with E-state index in [0.29, 0.717) is 5.56 Å². The van der Waals surface area contributed by atoms with Crippen LogP contribution in [0.15, 0.2) is 54.6 Å². The van der Waals surface area contributed by atoms with Crippen LogP contribution in [0.3, 0.4) is 0 Å². The summed E-state index contributed by atoms with van der Waals surface area (Å²) >= 11 is 0. The van der Waals surface area contributed by atoms with E-state index in [1.54, 1.807) is 26.0 Å². The van der Waals surface area contributed by atoms with Gasteiger partial charge in [-0.1, -0.05) is 47.3 Å². The molecule has 0 saturated heterocycles. The zero-order valence-electron chi connectivity index (χ0n) is 11.9. The van der Waals surface area contributed by atoms with Crippen LogP contribution >= 0.6 is 0 Å². The predicted octanol–water partition coefficient (Wildman–Crippen LogP) is 2.52. The van der Waals surface area contributed by atoms with Crippen molar-refractivity contribution in [2.75, 3.05) is 0 Å². The van der Waals surface area contributed by atoms with Crippen molar-refractivity contribution >= 4 is 16.8 Å². The Morgan fingerprint density at radius 1 is 1.05 bits per heavy atom. The Labute approximate surface area is 122 Å². The molecule has 0 N–H and O–H groups in total. The number of carbonyl (C=O) groups excluding carboxylic acids is 1. The van der Waals surface area contributed by atoms with Gasteiger partial charge in [0.05, 0.1) is 0 Å². The van der Waals surface area contributed by atoms with Crippen LogP contribution < -0.4 is 4.84 Å². The monoisotopic (exact) mass is 281 g/mol. The molecule has 0 atom stereocenters. The highest BCUT2D eigenvalue weighted by atomic mass is 16.7. The highest BCUT2D eigenvalue weighted by molar-refractivity contribution is 6.02. The third kappa shape index (κ3) is 2.50. The molecule has 21 heavy (non-hydrogen) atoms. The minimum atomic E-state index is -1.04. The fourth-order valence-electron chi connectivity index (χ4n) is 2.11. The van der Waals surface area contributed by atoms with Gasteiger partial charge in [0.15, 0.2) is 5.60 Å². The lowest BCUT2D eigenvalue weighted by atomic mass is 9.97. The standard InChI is InChI=1S/C16H15N3O2/c1-16(2,15(20)12-8-4-3-5-9-12)21-19-14-11-7-6-10-13(14)17-18-19/h3-11H,1-2H3. The van der Waals surface area contributed by atoms with E-state index >= 15 is 0 Å². The van der Waals surface area contributed by atoms with Crippen molar-refractivity contribution < 1.29 is 9.63 Å². The van der Waals surface area contributed by atoms with Crippen LogP contribution in [0.5, 0.6) is 0 Å². The summed E-state index contributed by atoms with van der Waals surface area (Å²) in [5, 5.41) is 7.96. The molecule has 5 nitrogen and oxygen atoms in total. The summed E-state index contributed by atoms with van der Waals surface area (Å²) in [7, 11) is 0. The first kappa shape index (κ1) is 13.3. The molecule has 0 bridgehead atoms. The topological polar surface area (TPSA) is 57.0 Å². The van der Waals surface area contributed by atoms with Gasteiger partial charge in [-0.3, -0.25) is 4.79 Å². The van der Waals surface area contributed by atoms with Gasteiger partial charge in [0.25, 0.3) is 0 Å². The Balaban J connectivity index is 1.91. The van der Waals surface area contributed by atoms with Crippen LogP contribution in [0, 0.1) is 0 Å². The average molecular weight is 281 g/mol. The number of carbonyl (C=O) groups is 1. The molecule has 0 radical (unpaired) electrons. The third-order valence-electron chi connectivity index (χ3n) is 3.22. The molecule has 0 unspecified atom stereocenters. The van der Waals surface area contributed by atoms with Gasteiger partial charge >= 0.3 is 0 Å². The van der Waals surface area contributed by atoms with Gasteiger partial charge in [-0.25, -0.2) is 0 Å². The fourth-order valence-corrected chi connectivity index (χ4v) is 2.11. The number of hydrogen-bond acceptors (Lipinski definition) is 4. The second-order valence-electron chi connectivity index (χ2n) is 5.25. The summed E-state index contributed by atoms with van der Waals surface area (Å²) in [5.74, 6) is -0.109. The molecule has 106 valence electrons. The Kier molecular flexibility index (Phi) is 3.17. The number of rotatable bonds is 4. The summed E-state index contributed by atoms with van der Waals surface area (Å²) in [4.78, 5) is 19.6. The Morgan fingerprint density at radius 2 is 1.71 bits per heavy atom. The number of hydrogen-bond donors (Lipinski definition) is 0. The lowest BCUT2D eigenvalue weighted by Crippen LogP contribution is -2.43. The number of para-hydroxylation sites is 1. The van der Waals surface area contributed by atoms with Crippen molar-refractivity contribution in [2.45, 2.75) is 19.4 Å². The Bertz CT molecular complexity index is 778. The largest absolute Gasteiger partial charge is 0.380 e. The molecular weight excluding hydrogens is 266 g/mol. The minimum absolute atomic E-state index is 0.109. The summed E-state index contributed by atoms with van der Waals surface area (Å²) in [6.07, 6.45) is 0. The number of aromatic nitrogens is 3. The summed E-state index contributed by atoms with van der Waals surface area (Å²) in [6.45, 7) is 3.44. The van der Waals surface area contributed by atoms with Crippen molar-refractivity contribution in [3.05, 3.63) is 60.2 Å². The van der Waals surface area contributed by atoms with Gasteiger partial charge in [0.2, 0.25) is 5.78 Å². The number of Topliss-reactive ketones (excluding diaryl/α,β-unsaturated/α-hetero) is 1. The van der Waals surface area contributed by atoms with Gasteiger partial charge in [-0.15, -0.1) is 5.10 Å². The molecule has 2 aromatic carbocycles. The van der Waals surface area contributed by atoms with E-state index < -0.39 is 5.60 Å². The number of fused-ring (bicyclic) bond motifs is 1. The maximum Gasteiger partial charge on any atom is 0.208 e. The molecule has 3 rings (SSSR count). The molecule has 5 heteroatoms. The fraction of sp³-hybridized carbons (Fsp3) is 0.188. The van der Waals surface area contributed by atoms with E-state index in [4.69, 9.17) is 4.84 Å². The van der Waals surface area contributed by atoms with Crippen molar-refractivity contribution in [1.82, 2.24) is 15.2 Å². The number of ketones is 1. The van der Waals surface area contributed by atoms with Gasteiger partial charge in [0, 0.05) is 5.56 Å². The van der Waals surface area contributed by atoms with Crippen molar-refractivity contribution in [3.8, 4) is 0 Å². The smallest absolute Gasteiger partial charge is 0.208 e. The van der Waals surface area contributed by atoms with Crippen LogP contribution in [0.25, 0.3) is 11.0 Å². The van der Waals surface area contributed by atoms with Crippen LogP contribution in [0.4, 0.5) is 0 Å². The van der Waals surface area contributed by atoms with E-state index in [1.165, 1.54) is 4.85 Å². The average Bonchev–Trinajstić information content (AvgIpc) is 2.90. The summed E-state index contributed by atoms with van der Waals surface area (Å²) in [5.41, 5.74) is 1.01. The van der Waals surface area contributed by atoms with E-state index in [-0.39, 0.29) is 5.78 Å². The van der Waals surface area contributed by atoms with Crippen LogP contribution in [0.2, 0.25) is 0 Å². The van der Waals surface area contributed by atoms with Gasteiger partial charge < -0.3 is 4.84 Å². The Hall–Kier alpha value is -2.69. The van der Waals surface area contributed by atoms with E-state index in [2.05, 4.69) is 10.3 Å². The molecular formula is C16H15N3O2. The van der Waals surface area contributed by atoms with Crippen LogP contribution in [-0.2, 0) is 0 Å². The molecule has 0 aliphatic rings. The maximum absolute atomic E-state index is 12.5. The molecule has 0 amide bonds. The van der Waals surface area contributed by atoms with Crippen LogP contribution in [-0.4, -0.2) is 26.5 Å². The quantitative estimate of drug-likeness (QED) is 0.689. The highest BCUT2D eigenvalue weighted by Crippen LogP contribution is 2.17. The second kappa shape index (κ2) is 5.01. The summed E-state index contributed by atoms with van der Waals surface area (Å²) < 4.78 is 0. The third-order valence-corrected chi connectivity index (χ3v) is 3.22. The Morgan fingerprint density at radius 3 is 2.48 bits per heavy atom. The first-order valence-corrected chi connectivity index (χ1v) is 6.68.